The van der Waals surface area contributed by atoms with Crippen LogP contribution in [0.15, 0.2) is 41.7 Å². The number of piperazine rings is 1. The zero-order valence-corrected chi connectivity index (χ0v) is 19.3. The van der Waals surface area contributed by atoms with Crippen LogP contribution in [-0.2, 0) is 25.6 Å². The third kappa shape index (κ3) is 5.31. The lowest BCUT2D eigenvalue weighted by Crippen LogP contribution is -2.55. The van der Waals surface area contributed by atoms with E-state index < -0.39 is 5.97 Å². The van der Waals surface area contributed by atoms with Gasteiger partial charge in [0.25, 0.3) is 0 Å². The molecule has 3 aliphatic heterocycles. The number of benzene rings is 1. The van der Waals surface area contributed by atoms with Crippen LogP contribution in [0.3, 0.4) is 0 Å². The molecule has 32 heavy (non-hydrogen) atoms. The largest absolute Gasteiger partial charge is 0.477 e. The first-order valence-corrected chi connectivity index (χ1v) is 11.4. The highest BCUT2D eigenvalue weighted by molar-refractivity contribution is 8.00. The summed E-state index contributed by atoms with van der Waals surface area (Å²) in [4.78, 5) is 53.1. The Bertz CT molecular complexity index is 936. The molecule has 0 bridgehead atoms. The number of carboxylic acid groups (broad SMARTS) is 1. The summed E-state index contributed by atoms with van der Waals surface area (Å²) in [6, 6.07) is 9.27. The highest BCUT2D eigenvalue weighted by atomic mass is 32.2. The lowest BCUT2D eigenvalue weighted by atomic mass is 10.1. The van der Waals surface area contributed by atoms with E-state index in [1.165, 1.54) is 21.6 Å². The van der Waals surface area contributed by atoms with Crippen molar-refractivity contribution in [1.82, 2.24) is 19.6 Å². The van der Waals surface area contributed by atoms with E-state index in [1.54, 1.807) is 11.9 Å². The zero-order valence-electron chi connectivity index (χ0n) is 18.5. The van der Waals surface area contributed by atoms with Crippen LogP contribution in [0.2, 0.25) is 0 Å². The minimum Gasteiger partial charge on any atom is -0.477 e. The van der Waals surface area contributed by atoms with Gasteiger partial charge in [0.15, 0.2) is 5.70 Å². The van der Waals surface area contributed by atoms with Gasteiger partial charge in [-0.3, -0.25) is 24.2 Å². The van der Waals surface area contributed by atoms with Gasteiger partial charge in [-0.05, 0) is 12.6 Å². The number of β-lactam (4-membered cyclic amide) rings is 1. The monoisotopic (exact) mass is 460 g/mol. The predicted molar refractivity (Wildman–Crippen MR) is 120 cm³/mol. The molecule has 10 heteroatoms. The lowest BCUT2D eigenvalue weighted by Gasteiger charge is -2.45. The van der Waals surface area contributed by atoms with E-state index in [0.717, 1.165) is 18.7 Å². The molecule has 1 aromatic rings. The number of nitrogens with zero attached hydrogens (tertiary/aromatic N) is 4. The second-order valence-electron chi connectivity index (χ2n) is 8.00. The van der Waals surface area contributed by atoms with Gasteiger partial charge in [0, 0.05) is 32.9 Å². The standard InChI is InChI=1S/C16H16N2O4S.C6H12N2O/c1-17(12(19)7-10-5-3-2-4-6-10)11-9-23-14-8-13(20)18(14)15(11)16(21)22;1-7-3-4-8(2)6(9)5-7/h2-6,14H,7-9H2,1H3,(H,21,22);3-5H2,1-2H3. The molecule has 2 fully saturated rings. The molecule has 0 spiro atoms. The summed E-state index contributed by atoms with van der Waals surface area (Å²) in [5.41, 5.74) is 1.19. The Kier molecular flexibility index (Phi) is 7.57. The SMILES string of the molecule is CN(C(=O)Cc1ccccc1)C1=C(C(=O)O)N2C(=O)CC2SC1.CN1CCN(C)C(=O)C1. The normalized spacial score (nSPS) is 20.8. The molecule has 1 N–H and O–H groups in total. The highest BCUT2D eigenvalue weighted by Gasteiger charge is 2.46. The van der Waals surface area contributed by atoms with Crippen LogP contribution in [0, 0.1) is 0 Å². The van der Waals surface area contributed by atoms with Crippen LogP contribution < -0.4 is 0 Å². The van der Waals surface area contributed by atoms with Gasteiger partial charge < -0.3 is 14.9 Å². The summed E-state index contributed by atoms with van der Waals surface area (Å²) in [7, 11) is 5.37. The molecule has 1 atom stereocenters. The van der Waals surface area contributed by atoms with Gasteiger partial charge >= 0.3 is 5.97 Å². The fourth-order valence-corrected chi connectivity index (χ4v) is 4.88. The van der Waals surface area contributed by atoms with Crippen molar-refractivity contribution in [3.05, 3.63) is 47.3 Å². The minimum atomic E-state index is -1.17. The van der Waals surface area contributed by atoms with E-state index in [0.29, 0.717) is 24.4 Å². The molecule has 2 saturated heterocycles. The van der Waals surface area contributed by atoms with E-state index >= 15 is 0 Å². The molecule has 172 valence electrons. The number of aliphatic carboxylic acids is 1. The molecule has 1 aromatic carbocycles. The topological polar surface area (TPSA) is 101 Å². The Morgan fingerprint density at radius 3 is 2.38 bits per heavy atom. The maximum atomic E-state index is 12.5. The maximum Gasteiger partial charge on any atom is 0.354 e. The number of carboxylic acids is 1. The lowest BCUT2D eigenvalue weighted by molar-refractivity contribution is -0.146. The second kappa shape index (κ2) is 10.2. The number of hydrogen-bond acceptors (Lipinski definition) is 6. The molecule has 0 aliphatic carbocycles. The van der Waals surface area contributed by atoms with Gasteiger partial charge in [-0.25, -0.2) is 4.79 Å². The van der Waals surface area contributed by atoms with Gasteiger partial charge in [0.05, 0.1) is 30.5 Å². The van der Waals surface area contributed by atoms with Crippen molar-refractivity contribution >= 4 is 35.5 Å². The van der Waals surface area contributed by atoms with Crippen molar-refractivity contribution in [2.24, 2.45) is 0 Å². The van der Waals surface area contributed by atoms with Crippen molar-refractivity contribution in [2.45, 2.75) is 18.2 Å². The number of amides is 3. The van der Waals surface area contributed by atoms with Gasteiger partial charge in [-0.2, -0.15) is 0 Å². The first-order valence-electron chi connectivity index (χ1n) is 10.3. The molecule has 3 aliphatic rings. The number of carbonyl (C=O) groups excluding carboxylic acids is 3. The van der Waals surface area contributed by atoms with E-state index in [1.807, 2.05) is 49.3 Å². The molecular formula is C22H28N4O5S. The fourth-order valence-electron chi connectivity index (χ4n) is 3.57. The summed E-state index contributed by atoms with van der Waals surface area (Å²) in [6.45, 7) is 2.45. The summed E-state index contributed by atoms with van der Waals surface area (Å²) in [5, 5.41) is 9.35. The molecule has 1 unspecified atom stereocenters. The maximum absolute atomic E-state index is 12.5. The minimum absolute atomic E-state index is 0.0612. The fraction of sp³-hybridized carbons (Fsp3) is 0.455. The summed E-state index contributed by atoms with van der Waals surface area (Å²) in [5.74, 6) is -0.938. The van der Waals surface area contributed by atoms with Crippen molar-refractivity contribution in [2.75, 3.05) is 46.5 Å². The van der Waals surface area contributed by atoms with Gasteiger partial charge in [0.1, 0.15) is 0 Å². The first kappa shape index (κ1) is 23.8. The van der Waals surface area contributed by atoms with Crippen LogP contribution in [-0.4, -0.2) is 100 Å². The average molecular weight is 461 g/mol. The predicted octanol–water partition coefficient (Wildman–Crippen LogP) is 0.679. The molecule has 3 amide bonds. The first-order chi connectivity index (χ1) is 15.2. The molecule has 9 nitrogen and oxygen atoms in total. The van der Waals surface area contributed by atoms with Crippen LogP contribution in [0.1, 0.15) is 12.0 Å². The van der Waals surface area contributed by atoms with Gasteiger partial charge in [-0.15, -0.1) is 11.8 Å². The van der Waals surface area contributed by atoms with Crippen LogP contribution in [0.4, 0.5) is 0 Å². The number of rotatable bonds is 4. The van der Waals surface area contributed by atoms with Gasteiger partial charge in [-0.1, -0.05) is 30.3 Å². The Labute approximate surface area is 191 Å². The Balaban J connectivity index is 0.000000269. The van der Waals surface area contributed by atoms with Gasteiger partial charge in [0.2, 0.25) is 17.7 Å². The highest BCUT2D eigenvalue weighted by Crippen LogP contribution is 2.40. The smallest absolute Gasteiger partial charge is 0.354 e. The van der Waals surface area contributed by atoms with Crippen molar-refractivity contribution in [3.63, 3.8) is 0 Å². The Morgan fingerprint density at radius 1 is 1.12 bits per heavy atom. The van der Waals surface area contributed by atoms with Crippen LogP contribution in [0.25, 0.3) is 0 Å². The van der Waals surface area contributed by atoms with E-state index in [4.69, 9.17) is 0 Å². The number of hydrogen-bond donors (Lipinski definition) is 1. The van der Waals surface area contributed by atoms with E-state index in [-0.39, 0.29) is 35.2 Å². The van der Waals surface area contributed by atoms with E-state index in [2.05, 4.69) is 0 Å². The van der Waals surface area contributed by atoms with Crippen LogP contribution >= 0.6 is 11.8 Å². The number of carbonyl (C=O) groups is 4. The molecule has 0 aromatic heterocycles. The third-order valence-corrected chi connectivity index (χ3v) is 6.86. The quantitative estimate of drug-likeness (QED) is 0.660. The Hall–Kier alpha value is -2.85. The Morgan fingerprint density at radius 2 is 1.81 bits per heavy atom. The molecule has 4 rings (SSSR count). The molecule has 0 radical (unpaired) electrons. The average Bonchev–Trinajstić information content (AvgIpc) is 2.75. The molecular weight excluding hydrogens is 432 g/mol. The number of fused-ring (bicyclic) bond motifs is 1. The van der Waals surface area contributed by atoms with E-state index in [9.17, 15) is 24.3 Å². The molecule has 3 heterocycles. The third-order valence-electron chi connectivity index (χ3n) is 5.66. The summed E-state index contributed by atoms with van der Waals surface area (Å²) in [6.07, 6.45) is 0.548. The summed E-state index contributed by atoms with van der Waals surface area (Å²) >= 11 is 1.49. The number of likely N-dealkylation sites (N-methyl/N-ethyl adjacent to an activating group) is 3. The zero-order chi connectivity index (χ0) is 23.4. The second-order valence-corrected chi connectivity index (χ2v) is 9.17. The van der Waals surface area contributed by atoms with Crippen molar-refractivity contribution in [1.29, 1.82) is 0 Å². The van der Waals surface area contributed by atoms with Crippen molar-refractivity contribution < 1.29 is 24.3 Å². The van der Waals surface area contributed by atoms with Crippen molar-refractivity contribution in [3.8, 4) is 0 Å². The molecule has 0 saturated carbocycles. The van der Waals surface area contributed by atoms with Crippen LogP contribution in [0.5, 0.6) is 0 Å². The summed E-state index contributed by atoms with van der Waals surface area (Å²) < 4.78 is 0. The number of thioether (sulfide) groups is 1.